The standard InChI is InChI=1S/2C15H9.C12H12N2.2Au/c2*1-2-11-7-8-13-10-12-5-3-4-6-14(12)15(13)9-11;1-3-11(9-13-7-1)5-6-12-4-2-8-14-10-12;;/h2*3-9H,10H2;1-4,7-10H,5-6H2;;/q2*-1;;2*+1. The van der Waals surface area contributed by atoms with Crippen molar-refractivity contribution in [3.05, 3.63) is 191 Å². The molecule has 0 saturated carbocycles. The minimum Gasteiger partial charge on any atom is -0.366 e. The van der Waals surface area contributed by atoms with Crippen molar-refractivity contribution in [2.45, 2.75) is 25.7 Å². The normalized spacial score (nSPS) is 10.7. The molecule has 0 unspecified atom stereocenters. The van der Waals surface area contributed by atoms with Crippen molar-refractivity contribution in [3.8, 4) is 34.1 Å². The molecule has 0 N–H and O–H groups in total. The number of nitrogens with zero attached hydrogens (tertiary/aromatic N) is 2. The smallest absolute Gasteiger partial charge is 0.366 e. The molecule has 4 heteroatoms. The van der Waals surface area contributed by atoms with Crippen LogP contribution in [0, 0.1) is 24.7 Å². The first-order valence-corrected chi connectivity index (χ1v) is 14.8. The monoisotopic (exact) mass is 956 g/mol. The fourth-order valence-electron chi connectivity index (χ4n) is 5.78. The van der Waals surface area contributed by atoms with Gasteiger partial charge in [-0.15, -0.1) is 35.4 Å². The fraction of sp³-hybridized carbons (Fsp3) is 0.0952. The van der Waals surface area contributed by atoms with Gasteiger partial charge >= 0.3 is 44.8 Å². The van der Waals surface area contributed by atoms with E-state index in [9.17, 15) is 0 Å². The van der Waals surface area contributed by atoms with E-state index in [1.807, 2.05) is 48.8 Å². The molecule has 2 aliphatic carbocycles. The first kappa shape index (κ1) is 34.6. The molecule has 6 aromatic rings. The summed E-state index contributed by atoms with van der Waals surface area (Å²) >= 11 is 0. The number of hydrogen-bond donors (Lipinski definition) is 0. The van der Waals surface area contributed by atoms with E-state index in [0.29, 0.717) is 0 Å². The first-order valence-electron chi connectivity index (χ1n) is 14.8. The van der Waals surface area contributed by atoms with Crippen molar-refractivity contribution in [2.75, 3.05) is 0 Å². The van der Waals surface area contributed by atoms with Crippen molar-refractivity contribution in [1.29, 1.82) is 0 Å². The van der Waals surface area contributed by atoms with Crippen LogP contribution in [0.1, 0.15) is 44.5 Å². The number of aryl methyl sites for hydroxylation is 2. The van der Waals surface area contributed by atoms with E-state index in [1.165, 1.54) is 55.6 Å². The topological polar surface area (TPSA) is 25.8 Å². The molecule has 2 aromatic heterocycles. The van der Waals surface area contributed by atoms with Crippen LogP contribution >= 0.6 is 0 Å². The minimum absolute atomic E-state index is 0. The Balaban J connectivity index is 0.000000153. The molecule has 0 saturated heterocycles. The van der Waals surface area contributed by atoms with Crippen LogP contribution in [-0.4, -0.2) is 9.97 Å². The van der Waals surface area contributed by atoms with Gasteiger partial charge in [0.2, 0.25) is 0 Å². The summed E-state index contributed by atoms with van der Waals surface area (Å²) in [7, 11) is 0. The van der Waals surface area contributed by atoms with Gasteiger partial charge in [-0.05, 0) is 93.5 Å². The zero-order valence-corrected chi connectivity index (χ0v) is 29.4. The Morgan fingerprint density at radius 3 is 1.28 bits per heavy atom. The summed E-state index contributed by atoms with van der Waals surface area (Å²) in [6, 6.07) is 37.3. The van der Waals surface area contributed by atoms with E-state index < -0.39 is 0 Å². The maximum Gasteiger partial charge on any atom is 1.00 e. The van der Waals surface area contributed by atoms with Crippen LogP contribution in [0.2, 0.25) is 0 Å². The molecule has 0 radical (unpaired) electrons. The molecule has 0 atom stereocenters. The van der Waals surface area contributed by atoms with E-state index in [1.54, 1.807) is 12.4 Å². The molecule has 0 fully saturated rings. The molecule has 4 aromatic carbocycles. The Hall–Kier alpha value is -4.22. The Bertz CT molecular complexity index is 1840. The summed E-state index contributed by atoms with van der Waals surface area (Å²) in [5.74, 6) is 4.87. The van der Waals surface area contributed by atoms with Crippen LogP contribution in [0.5, 0.6) is 0 Å². The molecule has 2 nitrogen and oxygen atoms in total. The van der Waals surface area contributed by atoms with Gasteiger partial charge in [0.05, 0.1) is 0 Å². The Labute approximate surface area is 303 Å². The summed E-state index contributed by atoms with van der Waals surface area (Å²) in [5, 5.41) is 0. The molecule has 8 rings (SSSR count). The SMILES string of the molecule is [Au+].[Au+].[C-]#Cc1ccc2c(c1)-c1ccccc1C2.[C-]#Cc1ccc2c(c1)-c1ccccc1C2.c1cncc(CCc2cccnc2)c1. The van der Waals surface area contributed by atoms with Crippen LogP contribution in [0.15, 0.2) is 134 Å². The zero-order valence-electron chi connectivity index (χ0n) is 25.0. The predicted molar refractivity (Wildman–Crippen MR) is 178 cm³/mol. The summed E-state index contributed by atoms with van der Waals surface area (Å²) in [5.41, 5.74) is 14.9. The Morgan fingerprint density at radius 1 is 0.478 bits per heavy atom. The van der Waals surface area contributed by atoms with Gasteiger partial charge in [0.15, 0.2) is 0 Å². The number of hydrogen-bond acceptors (Lipinski definition) is 2. The number of fused-ring (bicyclic) bond motifs is 6. The van der Waals surface area contributed by atoms with Gasteiger partial charge in [-0.1, -0.05) is 72.8 Å². The van der Waals surface area contributed by atoms with Gasteiger partial charge in [0, 0.05) is 24.8 Å². The summed E-state index contributed by atoms with van der Waals surface area (Å²) in [6.45, 7) is 0. The maximum atomic E-state index is 7.14. The van der Waals surface area contributed by atoms with Crippen LogP contribution in [0.25, 0.3) is 22.3 Å². The van der Waals surface area contributed by atoms with Crippen LogP contribution in [0.3, 0.4) is 0 Å². The van der Waals surface area contributed by atoms with Gasteiger partial charge in [0.1, 0.15) is 0 Å². The van der Waals surface area contributed by atoms with Crippen molar-refractivity contribution in [3.63, 3.8) is 0 Å². The van der Waals surface area contributed by atoms with Crippen molar-refractivity contribution < 1.29 is 44.8 Å². The summed E-state index contributed by atoms with van der Waals surface area (Å²) < 4.78 is 0. The van der Waals surface area contributed by atoms with E-state index >= 15 is 0 Å². The fourth-order valence-corrected chi connectivity index (χ4v) is 5.78. The third-order valence-corrected chi connectivity index (χ3v) is 8.03. The van der Waals surface area contributed by atoms with Crippen LogP contribution in [-0.2, 0) is 70.4 Å². The number of pyridine rings is 2. The average Bonchev–Trinajstić information content (AvgIpc) is 3.66. The molecule has 0 amide bonds. The second-order valence-corrected chi connectivity index (χ2v) is 10.9. The molecule has 2 heterocycles. The molecular formula is C42H30Au2N2. The van der Waals surface area contributed by atoms with Crippen LogP contribution in [0.4, 0.5) is 0 Å². The molecule has 46 heavy (non-hydrogen) atoms. The van der Waals surface area contributed by atoms with Crippen molar-refractivity contribution in [1.82, 2.24) is 9.97 Å². The van der Waals surface area contributed by atoms with Gasteiger partial charge < -0.3 is 12.8 Å². The molecule has 0 aliphatic heterocycles. The Kier molecular flexibility index (Phi) is 12.7. The quantitative estimate of drug-likeness (QED) is 0.101. The summed E-state index contributed by atoms with van der Waals surface area (Å²) in [6.07, 6.45) is 25.8. The number of rotatable bonds is 3. The molecule has 0 bridgehead atoms. The molecule has 2 aliphatic rings. The third kappa shape index (κ3) is 8.32. The largest absolute Gasteiger partial charge is 1.00 e. The van der Waals surface area contributed by atoms with Crippen LogP contribution < -0.4 is 0 Å². The van der Waals surface area contributed by atoms with Gasteiger partial charge in [0.25, 0.3) is 0 Å². The zero-order chi connectivity index (χ0) is 30.1. The van der Waals surface area contributed by atoms with Gasteiger partial charge in [-0.2, -0.15) is 0 Å². The maximum absolute atomic E-state index is 7.14. The number of benzene rings is 4. The third-order valence-electron chi connectivity index (χ3n) is 8.03. The van der Waals surface area contributed by atoms with E-state index in [-0.39, 0.29) is 44.8 Å². The number of aromatic nitrogens is 2. The Morgan fingerprint density at radius 2 is 0.891 bits per heavy atom. The van der Waals surface area contributed by atoms with Gasteiger partial charge in [-0.3, -0.25) is 21.8 Å². The minimum atomic E-state index is 0. The second kappa shape index (κ2) is 16.9. The first-order chi connectivity index (χ1) is 21.7. The van der Waals surface area contributed by atoms with E-state index in [0.717, 1.165) is 36.8 Å². The predicted octanol–water partition coefficient (Wildman–Crippen LogP) is 8.65. The van der Waals surface area contributed by atoms with E-state index in [4.69, 9.17) is 12.8 Å². The molecular weight excluding hydrogens is 926 g/mol. The molecule has 230 valence electrons. The van der Waals surface area contributed by atoms with Gasteiger partial charge in [-0.25, -0.2) is 0 Å². The molecule has 0 spiro atoms. The summed E-state index contributed by atoms with van der Waals surface area (Å²) in [4.78, 5) is 8.16. The van der Waals surface area contributed by atoms with E-state index in [2.05, 4.69) is 94.6 Å². The average molecular weight is 957 g/mol. The second-order valence-electron chi connectivity index (χ2n) is 10.9. The van der Waals surface area contributed by atoms with Crippen molar-refractivity contribution >= 4 is 0 Å². The van der Waals surface area contributed by atoms with Crippen molar-refractivity contribution in [2.24, 2.45) is 0 Å².